The average Bonchev–Trinajstić information content (AvgIpc) is 2.92. The van der Waals surface area contributed by atoms with E-state index in [9.17, 15) is 25.6 Å². The van der Waals surface area contributed by atoms with Gasteiger partial charge < -0.3 is 4.74 Å². The Balaban J connectivity index is 1.56. The van der Waals surface area contributed by atoms with E-state index >= 15 is 0 Å². The first-order chi connectivity index (χ1) is 18.6. The summed E-state index contributed by atoms with van der Waals surface area (Å²) in [7, 11) is -7.57. The van der Waals surface area contributed by atoms with E-state index in [1.165, 1.54) is 24.3 Å². The third-order valence-electron chi connectivity index (χ3n) is 6.76. The number of hydrogen-bond donors (Lipinski definition) is 0. The highest BCUT2D eigenvalue weighted by molar-refractivity contribution is 7.92. The van der Waals surface area contributed by atoms with Crippen molar-refractivity contribution in [1.82, 2.24) is 0 Å². The van der Waals surface area contributed by atoms with Crippen molar-refractivity contribution in [3.05, 3.63) is 89.0 Å². The molecule has 0 N–H and O–H groups in total. The van der Waals surface area contributed by atoms with Gasteiger partial charge in [0.05, 0.1) is 34.7 Å². The molecule has 0 unspecified atom stereocenters. The lowest BCUT2D eigenvalue weighted by Crippen LogP contribution is -2.31. The Kier molecular flexibility index (Phi) is 9.51. The van der Waals surface area contributed by atoms with E-state index in [0.717, 1.165) is 41.8 Å². The second-order valence-corrected chi connectivity index (χ2v) is 14.2. The molecule has 0 spiro atoms. The summed E-state index contributed by atoms with van der Waals surface area (Å²) in [5.74, 6) is -1.39. The highest BCUT2D eigenvalue weighted by Crippen LogP contribution is 2.32. The number of nitrogens with zero attached hydrogens (tertiary/aromatic N) is 1. The van der Waals surface area contributed by atoms with Gasteiger partial charge in [-0.2, -0.15) is 0 Å². The van der Waals surface area contributed by atoms with E-state index in [2.05, 4.69) is 0 Å². The van der Waals surface area contributed by atoms with Crippen molar-refractivity contribution in [3.8, 4) is 5.75 Å². The number of para-hydroxylation sites is 1. The fourth-order valence-electron chi connectivity index (χ4n) is 4.67. The third kappa shape index (κ3) is 7.29. The molecule has 1 saturated carbocycles. The van der Waals surface area contributed by atoms with E-state index in [-0.39, 0.29) is 35.5 Å². The number of rotatable bonds is 11. The fraction of sp³-hybridized carbons (Fsp3) is 0.357. The zero-order valence-corrected chi connectivity index (χ0v) is 23.6. The number of benzene rings is 3. The number of ether oxygens (including phenoxy) is 1. The van der Waals surface area contributed by atoms with Gasteiger partial charge in [-0.15, -0.1) is 0 Å². The number of hydrogen-bond acceptors (Lipinski definition) is 5. The van der Waals surface area contributed by atoms with E-state index in [1.54, 1.807) is 24.3 Å². The molecule has 0 saturated heterocycles. The largest absolute Gasteiger partial charge is 0.493 e. The maximum atomic E-state index is 14.9. The van der Waals surface area contributed by atoms with E-state index in [1.807, 2.05) is 0 Å². The zero-order valence-electron chi connectivity index (χ0n) is 21.2. The minimum absolute atomic E-state index is 0.00537. The van der Waals surface area contributed by atoms with Crippen LogP contribution in [0.1, 0.15) is 44.1 Å². The molecular formula is C28H30ClF2NO5S2. The lowest BCUT2D eigenvalue weighted by atomic mass is 10.0. The second-order valence-electron chi connectivity index (χ2n) is 9.50. The molecule has 0 radical (unpaired) electrons. The van der Waals surface area contributed by atoms with Crippen LogP contribution in [0, 0.1) is 11.6 Å². The molecular weight excluding hydrogens is 568 g/mol. The summed E-state index contributed by atoms with van der Waals surface area (Å²) in [4.78, 5) is -0.151. The minimum Gasteiger partial charge on any atom is -0.493 e. The molecule has 0 aromatic heterocycles. The lowest BCUT2D eigenvalue weighted by molar-refractivity contribution is 0.314. The van der Waals surface area contributed by atoms with Gasteiger partial charge >= 0.3 is 0 Å². The van der Waals surface area contributed by atoms with Gasteiger partial charge in [0.1, 0.15) is 17.4 Å². The lowest BCUT2D eigenvalue weighted by Gasteiger charge is -2.26. The molecule has 1 aliphatic carbocycles. The van der Waals surface area contributed by atoms with Crippen LogP contribution in [0.15, 0.2) is 71.6 Å². The molecule has 3 aromatic carbocycles. The number of sulfone groups is 1. The summed E-state index contributed by atoms with van der Waals surface area (Å²) in [6, 6.07) is 14.6. The van der Waals surface area contributed by atoms with Crippen molar-refractivity contribution in [2.45, 2.75) is 55.2 Å². The van der Waals surface area contributed by atoms with E-state index < -0.39 is 37.2 Å². The molecule has 1 aliphatic rings. The molecule has 3 aromatic rings. The van der Waals surface area contributed by atoms with Crippen LogP contribution in [0.25, 0.3) is 0 Å². The Bertz CT molecular complexity index is 1490. The monoisotopic (exact) mass is 597 g/mol. The molecule has 210 valence electrons. The number of anilines is 1. The highest BCUT2D eigenvalue weighted by Gasteiger charge is 2.29. The van der Waals surface area contributed by atoms with Gasteiger partial charge in [0.15, 0.2) is 9.84 Å². The first-order valence-corrected chi connectivity index (χ1v) is 16.3. The molecule has 0 atom stereocenters. The first-order valence-electron chi connectivity index (χ1n) is 12.7. The van der Waals surface area contributed by atoms with E-state index in [4.69, 9.17) is 16.3 Å². The van der Waals surface area contributed by atoms with Crippen molar-refractivity contribution in [2.75, 3.05) is 16.7 Å². The zero-order chi connectivity index (χ0) is 28.0. The second kappa shape index (κ2) is 12.7. The van der Waals surface area contributed by atoms with Crippen LogP contribution >= 0.6 is 11.6 Å². The summed E-state index contributed by atoms with van der Waals surface area (Å²) < 4.78 is 88.3. The van der Waals surface area contributed by atoms with Gasteiger partial charge in [-0.3, -0.25) is 4.31 Å². The molecule has 1 fully saturated rings. The van der Waals surface area contributed by atoms with Crippen LogP contribution in [-0.4, -0.2) is 34.4 Å². The Morgan fingerprint density at radius 3 is 2.31 bits per heavy atom. The van der Waals surface area contributed by atoms with Gasteiger partial charge in [0.2, 0.25) is 0 Å². The van der Waals surface area contributed by atoms with E-state index in [0.29, 0.717) is 29.2 Å². The maximum absolute atomic E-state index is 14.9. The first kappa shape index (κ1) is 29.3. The summed E-state index contributed by atoms with van der Waals surface area (Å²) in [5.41, 5.74) is -0.0628. The molecule has 11 heteroatoms. The van der Waals surface area contributed by atoms with Crippen LogP contribution in [0.4, 0.5) is 14.5 Å². The maximum Gasteiger partial charge on any atom is 0.264 e. The summed E-state index contributed by atoms with van der Waals surface area (Å²) in [6.45, 7) is -0.261. The molecule has 0 aliphatic heterocycles. The minimum atomic E-state index is -4.35. The number of halogens is 3. The summed E-state index contributed by atoms with van der Waals surface area (Å²) in [6.07, 6.45) is 4.58. The standard InChI is InChI=1S/C28H30ClF2NO5S2/c29-22-11-14-25(15-12-22)39(35,36)32(27-19-23(30)13-16-26(27)31)20-21-7-4-5-10-28(21)37-17-6-18-38(33,34)24-8-2-1-3-9-24/h4-5,7,10-16,19,24H,1-3,6,8-9,17-18,20H2. The van der Waals surface area contributed by atoms with Crippen molar-refractivity contribution in [1.29, 1.82) is 0 Å². The van der Waals surface area contributed by atoms with Crippen LogP contribution in [-0.2, 0) is 26.4 Å². The third-order valence-corrected chi connectivity index (χ3v) is 11.1. The molecule has 39 heavy (non-hydrogen) atoms. The van der Waals surface area contributed by atoms with Crippen molar-refractivity contribution in [2.24, 2.45) is 0 Å². The number of sulfonamides is 1. The molecule has 0 heterocycles. The van der Waals surface area contributed by atoms with Crippen molar-refractivity contribution >= 4 is 37.1 Å². The van der Waals surface area contributed by atoms with Crippen LogP contribution in [0.3, 0.4) is 0 Å². The molecule has 0 bridgehead atoms. The predicted molar refractivity (Wildman–Crippen MR) is 148 cm³/mol. The topological polar surface area (TPSA) is 80.8 Å². The average molecular weight is 598 g/mol. The Hall–Kier alpha value is -2.69. The Labute approximate surface area is 233 Å². The van der Waals surface area contributed by atoms with Crippen molar-refractivity contribution in [3.63, 3.8) is 0 Å². The molecule has 4 rings (SSSR count). The quantitative estimate of drug-likeness (QED) is 0.235. The van der Waals surface area contributed by atoms with Crippen molar-refractivity contribution < 1.29 is 30.4 Å². The SMILES string of the molecule is O=S(=O)(CCCOc1ccccc1CN(c1cc(F)ccc1F)S(=O)(=O)c1ccc(Cl)cc1)C1CCCCC1. The van der Waals surface area contributed by atoms with Gasteiger partial charge in [-0.1, -0.05) is 49.1 Å². The summed E-state index contributed by atoms with van der Waals surface area (Å²) >= 11 is 5.92. The van der Waals surface area contributed by atoms with Crippen LogP contribution in [0.5, 0.6) is 5.75 Å². The Morgan fingerprint density at radius 1 is 0.897 bits per heavy atom. The van der Waals surface area contributed by atoms with Crippen LogP contribution < -0.4 is 9.04 Å². The smallest absolute Gasteiger partial charge is 0.264 e. The summed E-state index contributed by atoms with van der Waals surface area (Å²) in [5, 5.41) is 0.0213. The Morgan fingerprint density at radius 2 is 1.59 bits per heavy atom. The van der Waals surface area contributed by atoms with Gasteiger partial charge in [-0.25, -0.2) is 25.6 Å². The molecule has 6 nitrogen and oxygen atoms in total. The van der Waals surface area contributed by atoms with Gasteiger partial charge in [0, 0.05) is 16.7 Å². The fourth-order valence-corrected chi connectivity index (χ4v) is 8.15. The van der Waals surface area contributed by atoms with Crippen LogP contribution in [0.2, 0.25) is 5.02 Å². The molecule has 0 amide bonds. The predicted octanol–water partition coefficient (Wildman–Crippen LogP) is 6.53. The highest BCUT2D eigenvalue weighted by atomic mass is 35.5. The van der Waals surface area contributed by atoms with Gasteiger partial charge in [0.25, 0.3) is 10.0 Å². The normalized spacial score (nSPS) is 14.7. The van der Waals surface area contributed by atoms with Gasteiger partial charge in [-0.05, 0) is 61.7 Å².